The van der Waals surface area contributed by atoms with Crippen LogP contribution in [0.4, 0.5) is 0 Å². The lowest BCUT2D eigenvalue weighted by Gasteiger charge is -2.52. The number of hydrogen-bond donors (Lipinski definition) is 1. The van der Waals surface area contributed by atoms with Crippen molar-refractivity contribution in [2.75, 3.05) is 6.61 Å². The van der Waals surface area contributed by atoms with Gasteiger partial charge in [0.25, 0.3) is 10.1 Å². The Balaban J connectivity index is 1.93. The van der Waals surface area contributed by atoms with E-state index < -0.39 is 30.5 Å². The minimum absolute atomic E-state index is 0.00713. The van der Waals surface area contributed by atoms with E-state index in [9.17, 15) is 13.5 Å². The Hall–Kier alpha value is -1.07. The molecule has 1 aliphatic heterocycles. The number of aliphatic hydroxyl groups is 1. The monoisotopic (exact) mass is 665 g/mol. The number of nitrogens with zero attached hydrogens (tertiary/aromatic N) is 1. The van der Waals surface area contributed by atoms with E-state index in [0.29, 0.717) is 6.42 Å². The fraction of sp³-hybridized carbons (Fsp3) is 0.778. The largest absolute Gasteiger partial charge is 0.413 e. The first-order valence-corrected chi connectivity index (χ1v) is 21.5. The minimum Gasteiger partial charge on any atom is -0.413 e. The topological polar surface area (TPSA) is 85.3 Å². The number of aryl methyl sites for hydroxylation is 1. The molecule has 1 unspecified atom stereocenters. The van der Waals surface area contributed by atoms with Gasteiger partial charge in [-0.05, 0) is 97.0 Å². The molecule has 3 rings (SSSR count). The van der Waals surface area contributed by atoms with Crippen LogP contribution in [0, 0.1) is 18.8 Å². The number of hydroxylamine groups is 2. The number of piperidine rings is 1. The van der Waals surface area contributed by atoms with Crippen molar-refractivity contribution < 1.29 is 27.0 Å². The van der Waals surface area contributed by atoms with Gasteiger partial charge in [-0.25, -0.2) is 0 Å². The molecule has 2 aliphatic rings. The maximum atomic E-state index is 13.1. The zero-order valence-electron chi connectivity index (χ0n) is 30.1. The Morgan fingerprint density at radius 2 is 1.67 bits per heavy atom. The number of benzene rings is 1. The molecule has 258 valence electrons. The van der Waals surface area contributed by atoms with Crippen molar-refractivity contribution in [1.29, 1.82) is 0 Å². The Morgan fingerprint density at radius 3 is 2.22 bits per heavy atom. The molecule has 0 bridgehead atoms. The Morgan fingerprint density at radius 1 is 1.07 bits per heavy atom. The lowest BCUT2D eigenvalue weighted by Crippen LogP contribution is -2.59. The van der Waals surface area contributed by atoms with Crippen molar-refractivity contribution in [2.45, 2.75) is 166 Å². The van der Waals surface area contributed by atoms with Gasteiger partial charge in [0.1, 0.15) is 0 Å². The van der Waals surface area contributed by atoms with Crippen LogP contribution < -0.4 is 0 Å². The van der Waals surface area contributed by atoms with Crippen molar-refractivity contribution in [3.05, 3.63) is 42.0 Å². The number of rotatable bonds is 14. The van der Waals surface area contributed by atoms with Crippen LogP contribution in [0.1, 0.15) is 112 Å². The van der Waals surface area contributed by atoms with Gasteiger partial charge in [0.05, 0.1) is 29.8 Å². The van der Waals surface area contributed by atoms with Crippen LogP contribution in [0.25, 0.3) is 0 Å². The summed E-state index contributed by atoms with van der Waals surface area (Å²) in [7, 11) is -6.16. The third-order valence-electron chi connectivity index (χ3n) is 10.4. The predicted molar refractivity (Wildman–Crippen MR) is 186 cm³/mol. The van der Waals surface area contributed by atoms with Crippen molar-refractivity contribution in [3.8, 4) is 0 Å². The summed E-state index contributed by atoms with van der Waals surface area (Å²) in [6.07, 6.45) is 11.1. The molecule has 0 amide bonds. The van der Waals surface area contributed by atoms with Gasteiger partial charge >= 0.3 is 0 Å². The molecule has 45 heavy (non-hydrogen) atoms. The Labute approximate surface area is 276 Å². The molecule has 0 aromatic heterocycles. The van der Waals surface area contributed by atoms with Crippen molar-refractivity contribution >= 4 is 18.4 Å². The summed E-state index contributed by atoms with van der Waals surface area (Å²) >= 11 is 0. The molecule has 0 spiro atoms. The van der Waals surface area contributed by atoms with Gasteiger partial charge in [-0.1, -0.05) is 76.8 Å². The third kappa shape index (κ3) is 9.97. The molecule has 1 saturated carbocycles. The van der Waals surface area contributed by atoms with Crippen LogP contribution in [0.5, 0.6) is 0 Å². The number of aliphatic hydroxyl groups excluding tert-OH is 1. The standard InChI is InChI=1S/C36H63NO6SSi/c1-12-13-14-16-28(42-37-35(6,7)23-15-24-36(37,8)9)19-22-30-31(26-41-44(39,40)29-20-17-27(2)18-21-29)32(38)25-33(30)43-45(10,11)34(3,4)5/h17-22,28,30-33,38H,12-16,23-26H2,1-11H3/b22-19+/t28?,30-,31+,32+,33-/m1/s1. The zero-order chi connectivity index (χ0) is 33.8. The molecule has 9 heteroatoms. The van der Waals surface area contributed by atoms with Crippen molar-refractivity contribution in [3.63, 3.8) is 0 Å². The summed E-state index contributed by atoms with van der Waals surface area (Å²) in [5, 5.41) is 13.6. The lowest BCUT2D eigenvalue weighted by atomic mass is 9.82. The van der Waals surface area contributed by atoms with Gasteiger partial charge < -0.3 is 9.53 Å². The molecule has 7 nitrogen and oxygen atoms in total. The average Bonchev–Trinajstić information content (AvgIpc) is 3.20. The van der Waals surface area contributed by atoms with Crippen LogP contribution in [-0.4, -0.2) is 62.9 Å². The highest BCUT2D eigenvalue weighted by Crippen LogP contribution is 2.44. The summed E-state index contributed by atoms with van der Waals surface area (Å²) in [4.78, 5) is 7.01. The summed E-state index contributed by atoms with van der Waals surface area (Å²) in [5.74, 6) is -0.655. The first-order valence-electron chi connectivity index (χ1n) is 17.2. The second-order valence-electron chi connectivity index (χ2n) is 16.3. The molecule has 1 aromatic rings. The van der Waals surface area contributed by atoms with Crippen LogP contribution in [0.15, 0.2) is 41.3 Å². The molecule has 1 aliphatic carbocycles. The molecular formula is C36H63NO6SSi. The highest BCUT2D eigenvalue weighted by molar-refractivity contribution is 7.86. The summed E-state index contributed by atoms with van der Waals surface area (Å²) in [5.41, 5.74) is 0.802. The molecular weight excluding hydrogens is 603 g/mol. The first kappa shape index (κ1) is 38.4. The SMILES string of the molecule is CCCCCC(/C=C/[C@@H]1[C@H](COS(=O)(=O)c2ccc(C)cc2)[C@@H](O)C[C@H]1O[Si](C)(C)C(C)(C)C)ON1C(C)(C)CCCC1(C)C. The maximum absolute atomic E-state index is 13.1. The van der Waals surface area contributed by atoms with Crippen LogP contribution in [0.3, 0.4) is 0 Å². The number of hydrogen-bond acceptors (Lipinski definition) is 7. The molecule has 5 atom stereocenters. The van der Waals surface area contributed by atoms with Gasteiger partial charge in [0, 0.05) is 22.9 Å². The van der Waals surface area contributed by atoms with Gasteiger partial charge in [-0.2, -0.15) is 13.5 Å². The van der Waals surface area contributed by atoms with E-state index in [2.05, 4.69) is 85.7 Å². The smallest absolute Gasteiger partial charge is 0.296 e. The fourth-order valence-corrected chi connectivity index (χ4v) is 8.95. The van der Waals surface area contributed by atoms with Gasteiger partial charge in [-0.3, -0.25) is 9.02 Å². The first-order chi connectivity index (χ1) is 20.7. The van der Waals surface area contributed by atoms with E-state index in [-0.39, 0.29) is 45.7 Å². The second-order valence-corrected chi connectivity index (χ2v) is 22.7. The average molecular weight is 666 g/mol. The van der Waals surface area contributed by atoms with Crippen LogP contribution in [-0.2, 0) is 23.6 Å². The van der Waals surface area contributed by atoms with E-state index in [1.165, 1.54) is 6.42 Å². The summed E-state index contributed by atoms with van der Waals surface area (Å²) < 4.78 is 38.8. The van der Waals surface area contributed by atoms with E-state index in [1.54, 1.807) is 24.3 Å². The van der Waals surface area contributed by atoms with Crippen molar-refractivity contribution in [1.82, 2.24) is 5.06 Å². The molecule has 1 saturated heterocycles. The second kappa shape index (κ2) is 15.0. The third-order valence-corrected chi connectivity index (χ3v) is 16.2. The highest BCUT2D eigenvalue weighted by atomic mass is 32.2. The highest BCUT2D eigenvalue weighted by Gasteiger charge is 2.48. The quantitative estimate of drug-likeness (QED) is 0.0922. The van der Waals surface area contributed by atoms with Gasteiger partial charge in [0.15, 0.2) is 8.32 Å². The normalized spacial score (nSPS) is 26.8. The molecule has 1 heterocycles. The molecule has 0 radical (unpaired) electrons. The molecule has 1 aromatic carbocycles. The van der Waals surface area contributed by atoms with Crippen molar-refractivity contribution in [2.24, 2.45) is 11.8 Å². The Kier molecular flexibility index (Phi) is 12.8. The lowest BCUT2D eigenvalue weighted by molar-refractivity contribution is -0.297. The van der Waals surface area contributed by atoms with Gasteiger partial charge in [0.2, 0.25) is 0 Å². The van der Waals surface area contributed by atoms with Crippen LogP contribution in [0.2, 0.25) is 18.1 Å². The fourth-order valence-electron chi connectivity index (χ4n) is 6.64. The Bertz CT molecular complexity index is 1200. The van der Waals surface area contributed by atoms with Gasteiger partial charge in [-0.15, -0.1) is 0 Å². The minimum atomic E-state index is -3.98. The number of unbranched alkanes of at least 4 members (excludes halogenated alkanes) is 2. The summed E-state index contributed by atoms with van der Waals surface area (Å²) in [6.45, 7) is 24.1. The van der Waals surface area contributed by atoms with Crippen LogP contribution >= 0.6 is 0 Å². The molecule has 1 N–H and O–H groups in total. The van der Waals surface area contributed by atoms with E-state index >= 15 is 0 Å². The molecule has 2 fully saturated rings. The maximum Gasteiger partial charge on any atom is 0.296 e. The van der Waals surface area contributed by atoms with E-state index in [0.717, 1.165) is 44.1 Å². The van der Waals surface area contributed by atoms with E-state index in [4.69, 9.17) is 13.4 Å². The predicted octanol–water partition coefficient (Wildman–Crippen LogP) is 8.57. The summed E-state index contributed by atoms with van der Waals surface area (Å²) in [6, 6.07) is 6.66. The zero-order valence-corrected chi connectivity index (χ0v) is 31.9. The van der Waals surface area contributed by atoms with E-state index in [1.807, 2.05) is 6.92 Å².